The molecule has 2 atom stereocenters. The molecule has 0 aromatic carbocycles. The summed E-state index contributed by atoms with van der Waals surface area (Å²) in [6.45, 7) is 5.01. The third kappa shape index (κ3) is 2.16. The Morgan fingerprint density at radius 1 is 1.29 bits per heavy atom. The normalized spacial score (nSPS) is 29.9. The summed E-state index contributed by atoms with van der Waals surface area (Å²) in [6.07, 6.45) is 3.48. The van der Waals surface area contributed by atoms with Crippen LogP contribution in [0.1, 0.15) is 33.1 Å². The van der Waals surface area contributed by atoms with Crippen molar-refractivity contribution in [1.29, 1.82) is 5.26 Å². The van der Waals surface area contributed by atoms with Gasteiger partial charge in [-0.3, -0.25) is 9.69 Å². The molecule has 2 aliphatic heterocycles. The highest BCUT2D eigenvalue weighted by Crippen LogP contribution is 2.30. The number of hydrogen-bond acceptors (Lipinski definition) is 3. The number of nitrogens with zero attached hydrogens (tertiary/aromatic N) is 3. The molecule has 2 unspecified atom stereocenters. The first-order valence-corrected chi connectivity index (χ1v) is 6.38. The number of amides is 1. The molecule has 1 amide bonds. The number of carbonyl (C=O) groups is 1. The molecule has 4 heteroatoms. The largest absolute Gasteiger partial charge is 0.340 e. The SMILES string of the molecule is CN1C2CCC1CN(C(=O)C(C)(C)C#N)CC2. The van der Waals surface area contributed by atoms with E-state index in [4.69, 9.17) is 5.26 Å². The summed E-state index contributed by atoms with van der Waals surface area (Å²) in [6, 6.07) is 3.22. The molecule has 0 spiro atoms. The molecule has 2 fully saturated rings. The van der Waals surface area contributed by atoms with Crippen molar-refractivity contribution in [3.63, 3.8) is 0 Å². The fourth-order valence-electron chi connectivity index (χ4n) is 2.94. The van der Waals surface area contributed by atoms with Gasteiger partial charge in [0.25, 0.3) is 0 Å². The van der Waals surface area contributed by atoms with Gasteiger partial charge in [0.15, 0.2) is 0 Å². The second-order valence-electron chi connectivity index (χ2n) is 5.83. The maximum absolute atomic E-state index is 12.3. The third-order valence-corrected chi connectivity index (χ3v) is 4.25. The van der Waals surface area contributed by atoms with Gasteiger partial charge in [0.05, 0.1) is 6.07 Å². The summed E-state index contributed by atoms with van der Waals surface area (Å²) in [5, 5.41) is 9.04. The smallest absolute Gasteiger partial charge is 0.242 e. The molecule has 0 saturated carbocycles. The van der Waals surface area contributed by atoms with Crippen molar-refractivity contribution in [1.82, 2.24) is 9.80 Å². The van der Waals surface area contributed by atoms with Crippen molar-refractivity contribution in [2.75, 3.05) is 20.1 Å². The molecule has 0 N–H and O–H groups in total. The van der Waals surface area contributed by atoms with Crippen LogP contribution in [0.3, 0.4) is 0 Å². The molecule has 0 aromatic rings. The number of fused-ring (bicyclic) bond motifs is 2. The first-order chi connectivity index (χ1) is 7.95. The lowest BCUT2D eigenvalue weighted by molar-refractivity contribution is -0.137. The summed E-state index contributed by atoms with van der Waals surface area (Å²) >= 11 is 0. The van der Waals surface area contributed by atoms with Crippen molar-refractivity contribution in [3.05, 3.63) is 0 Å². The summed E-state index contributed by atoms with van der Waals surface area (Å²) in [7, 11) is 2.16. The summed E-state index contributed by atoms with van der Waals surface area (Å²) in [5.74, 6) is -0.0130. The van der Waals surface area contributed by atoms with E-state index in [1.165, 1.54) is 12.8 Å². The van der Waals surface area contributed by atoms with Crippen LogP contribution in [0.15, 0.2) is 0 Å². The molecule has 0 aromatic heterocycles. The fraction of sp³-hybridized carbons (Fsp3) is 0.846. The maximum atomic E-state index is 12.3. The standard InChI is InChI=1S/C13H21N3O/c1-13(2,9-14)12(17)16-7-6-10-4-5-11(8-16)15(10)3/h10-11H,4-8H2,1-3H3. The average molecular weight is 235 g/mol. The van der Waals surface area contributed by atoms with E-state index in [1.54, 1.807) is 13.8 Å². The van der Waals surface area contributed by atoms with Crippen molar-refractivity contribution in [2.24, 2.45) is 5.41 Å². The van der Waals surface area contributed by atoms with E-state index in [0.717, 1.165) is 19.5 Å². The minimum Gasteiger partial charge on any atom is -0.340 e. The maximum Gasteiger partial charge on any atom is 0.242 e. The van der Waals surface area contributed by atoms with E-state index in [9.17, 15) is 4.79 Å². The van der Waals surface area contributed by atoms with Crippen LogP contribution in [0.5, 0.6) is 0 Å². The fourth-order valence-corrected chi connectivity index (χ4v) is 2.94. The molecule has 0 aliphatic carbocycles. The van der Waals surface area contributed by atoms with Gasteiger partial charge in [0.2, 0.25) is 5.91 Å². The summed E-state index contributed by atoms with van der Waals surface area (Å²) in [4.78, 5) is 16.6. The molecule has 4 nitrogen and oxygen atoms in total. The van der Waals surface area contributed by atoms with Gasteiger partial charge in [-0.2, -0.15) is 5.26 Å². The molecule has 94 valence electrons. The zero-order valence-electron chi connectivity index (χ0n) is 10.9. The van der Waals surface area contributed by atoms with Crippen LogP contribution in [0.25, 0.3) is 0 Å². The Balaban J connectivity index is 2.10. The first-order valence-electron chi connectivity index (χ1n) is 6.38. The topological polar surface area (TPSA) is 47.3 Å². The predicted molar refractivity (Wildman–Crippen MR) is 65.2 cm³/mol. The molecule has 2 saturated heterocycles. The molecule has 2 rings (SSSR count). The second-order valence-corrected chi connectivity index (χ2v) is 5.83. The molecule has 2 heterocycles. The zero-order valence-corrected chi connectivity index (χ0v) is 10.9. The van der Waals surface area contributed by atoms with Crippen LogP contribution >= 0.6 is 0 Å². The van der Waals surface area contributed by atoms with Crippen molar-refractivity contribution in [3.8, 4) is 6.07 Å². The second kappa shape index (κ2) is 4.30. The van der Waals surface area contributed by atoms with Gasteiger partial charge < -0.3 is 4.90 Å². The highest BCUT2D eigenvalue weighted by molar-refractivity contribution is 5.84. The summed E-state index contributed by atoms with van der Waals surface area (Å²) < 4.78 is 0. The van der Waals surface area contributed by atoms with Crippen LogP contribution in [0.4, 0.5) is 0 Å². The molecular weight excluding hydrogens is 214 g/mol. The van der Waals surface area contributed by atoms with E-state index in [2.05, 4.69) is 18.0 Å². The predicted octanol–water partition coefficient (Wildman–Crippen LogP) is 1.23. The van der Waals surface area contributed by atoms with E-state index in [1.807, 2.05) is 4.90 Å². The quantitative estimate of drug-likeness (QED) is 0.687. The molecule has 2 bridgehead atoms. The van der Waals surface area contributed by atoms with Crippen LogP contribution in [0, 0.1) is 16.7 Å². The van der Waals surface area contributed by atoms with Crippen LogP contribution in [-0.4, -0.2) is 47.9 Å². The van der Waals surface area contributed by atoms with E-state index < -0.39 is 5.41 Å². The van der Waals surface area contributed by atoms with Gasteiger partial charge in [-0.05, 0) is 40.2 Å². The third-order valence-electron chi connectivity index (χ3n) is 4.25. The molecule has 0 radical (unpaired) electrons. The number of carbonyl (C=O) groups excluding carboxylic acids is 1. The number of hydrogen-bond donors (Lipinski definition) is 0. The monoisotopic (exact) mass is 235 g/mol. The van der Waals surface area contributed by atoms with Crippen molar-refractivity contribution in [2.45, 2.75) is 45.2 Å². The molecule has 17 heavy (non-hydrogen) atoms. The lowest BCUT2D eigenvalue weighted by Gasteiger charge is -2.29. The Hall–Kier alpha value is -1.08. The van der Waals surface area contributed by atoms with Gasteiger partial charge in [-0.25, -0.2) is 0 Å². The number of likely N-dealkylation sites (tertiary alicyclic amines) is 1. The van der Waals surface area contributed by atoms with E-state index in [-0.39, 0.29) is 5.91 Å². The number of likely N-dealkylation sites (N-methyl/N-ethyl adjacent to an activating group) is 1. The number of nitriles is 1. The minimum absolute atomic E-state index is 0.0130. The zero-order chi connectivity index (χ0) is 12.6. The Morgan fingerprint density at radius 2 is 1.94 bits per heavy atom. The van der Waals surface area contributed by atoms with Gasteiger partial charge in [-0.1, -0.05) is 0 Å². The lowest BCUT2D eigenvalue weighted by atomic mass is 9.93. The Morgan fingerprint density at radius 3 is 2.59 bits per heavy atom. The highest BCUT2D eigenvalue weighted by Gasteiger charge is 2.39. The van der Waals surface area contributed by atoms with Gasteiger partial charge in [0.1, 0.15) is 5.41 Å². The lowest BCUT2D eigenvalue weighted by Crippen LogP contribution is -2.45. The van der Waals surface area contributed by atoms with Gasteiger partial charge in [0, 0.05) is 25.2 Å². The van der Waals surface area contributed by atoms with Crippen molar-refractivity contribution < 1.29 is 4.79 Å². The highest BCUT2D eigenvalue weighted by atomic mass is 16.2. The molecular formula is C13H21N3O. The van der Waals surface area contributed by atoms with Crippen LogP contribution in [0.2, 0.25) is 0 Å². The van der Waals surface area contributed by atoms with Gasteiger partial charge >= 0.3 is 0 Å². The molecule has 2 aliphatic rings. The average Bonchev–Trinajstić information content (AvgIpc) is 2.52. The van der Waals surface area contributed by atoms with Crippen molar-refractivity contribution >= 4 is 5.91 Å². The van der Waals surface area contributed by atoms with Crippen LogP contribution in [-0.2, 0) is 4.79 Å². The summed E-state index contributed by atoms with van der Waals surface area (Å²) in [5.41, 5.74) is -0.887. The first kappa shape index (κ1) is 12.4. The number of rotatable bonds is 1. The Bertz CT molecular complexity index is 358. The van der Waals surface area contributed by atoms with E-state index in [0.29, 0.717) is 12.1 Å². The Labute approximate surface area is 103 Å². The van der Waals surface area contributed by atoms with E-state index >= 15 is 0 Å². The Kier molecular flexibility index (Phi) is 3.13. The minimum atomic E-state index is -0.887. The van der Waals surface area contributed by atoms with Gasteiger partial charge in [-0.15, -0.1) is 0 Å². The van der Waals surface area contributed by atoms with Crippen LogP contribution < -0.4 is 0 Å².